The fraction of sp³-hybridized carbons (Fsp3) is 0.800. The van der Waals surface area contributed by atoms with Gasteiger partial charge in [0.25, 0.3) is 0 Å². The number of carbonyl (C=O) groups excluding carboxylic acids is 2. The van der Waals surface area contributed by atoms with Gasteiger partial charge in [0, 0.05) is 24.9 Å². The van der Waals surface area contributed by atoms with Crippen molar-refractivity contribution in [2.45, 2.75) is 90.3 Å². The predicted octanol–water partition coefficient (Wildman–Crippen LogP) is 5.31. The maximum absolute atomic E-state index is 12.9. The Bertz CT molecular complexity index is 900. The van der Waals surface area contributed by atoms with Crippen molar-refractivity contribution in [3.8, 4) is 0 Å². The molecule has 0 aromatic carbocycles. The number of hydroxylamine groups is 2. The van der Waals surface area contributed by atoms with Crippen LogP contribution in [0.5, 0.6) is 0 Å². The van der Waals surface area contributed by atoms with E-state index in [1.54, 1.807) is 0 Å². The lowest BCUT2D eigenvalue weighted by Crippen LogP contribution is -2.47. The molecular formula is C30H43NO5. The summed E-state index contributed by atoms with van der Waals surface area (Å²) in [4.78, 5) is 25.9. The van der Waals surface area contributed by atoms with Gasteiger partial charge >= 0.3 is 11.9 Å². The summed E-state index contributed by atoms with van der Waals surface area (Å²) >= 11 is 0. The summed E-state index contributed by atoms with van der Waals surface area (Å²) < 4.78 is 11.8. The quantitative estimate of drug-likeness (QED) is 0.322. The number of ether oxygens (including phenoxy) is 2. The number of esters is 2. The van der Waals surface area contributed by atoms with Gasteiger partial charge in [-0.25, -0.2) is 0 Å². The summed E-state index contributed by atoms with van der Waals surface area (Å²) in [6.45, 7) is 13.8. The van der Waals surface area contributed by atoms with Crippen LogP contribution in [0.1, 0.15) is 78.1 Å². The van der Waals surface area contributed by atoms with E-state index < -0.39 is 0 Å². The summed E-state index contributed by atoms with van der Waals surface area (Å²) in [5.74, 6) is -0.0784. The second kappa shape index (κ2) is 8.69. The second-order valence-electron chi connectivity index (χ2n) is 13.7. The third-order valence-electron chi connectivity index (χ3n) is 11.5. The van der Waals surface area contributed by atoms with Gasteiger partial charge in [0.1, 0.15) is 12.2 Å². The Labute approximate surface area is 215 Å². The number of rotatable bonds is 4. The van der Waals surface area contributed by atoms with Crippen LogP contribution in [0.2, 0.25) is 0 Å². The molecule has 2 saturated heterocycles. The van der Waals surface area contributed by atoms with Gasteiger partial charge in [0.2, 0.25) is 0 Å². The first-order valence-electron chi connectivity index (χ1n) is 14.3. The van der Waals surface area contributed by atoms with Crippen molar-refractivity contribution in [1.82, 2.24) is 5.06 Å². The lowest BCUT2D eigenvalue weighted by Gasteiger charge is -2.50. The molecule has 4 saturated carbocycles. The molecule has 6 heteroatoms. The van der Waals surface area contributed by atoms with Crippen LogP contribution in [0.15, 0.2) is 24.3 Å². The Morgan fingerprint density at radius 2 is 1.25 bits per heavy atom. The maximum atomic E-state index is 12.9. The normalized spacial score (nSPS) is 48.1. The number of fused-ring (bicyclic) bond motifs is 4. The molecular weight excluding hydrogens is 454 g/mol. The van der Waals surface area contributed by atoms with E-state index in [9.17, 15) is 14.8 Å². The average Bonchev–Trinajstić information content (AvgIpc) is 3.25. The Morgan fingerprint density at radius 1 is 0.833 bits per heavy atom. The van der Waals surface area contributed by atoms with Gasteiger partial charge in [-0.1, -0.05) is 38.2 Å². The van der Waals surface area contributed by atoms with Crippen molar-refractivity contribution >= 4 is 11.9 Å². The number of hydrogen-bond acceptors (Lipinski definition) is 6. The van der Waals surface area contributed by atoms with Crippen molar-refractivity contribution in [3.05, 3.63) is 24.3 Å². The van der Waals surface area contributed by atoms with Crippen molar-refractivity contribution in [2.24, 2.45) is 46.3 Å². The third kappa shape index (κ3) is 3.89. The summed E-state index contributed by atoms with van der Waals surface area (Å²) in [6, 6.07) is 0. The van der Waals surface area contributed by atoms with Crippen LogP contribution in [0.4, 0.5) is 0 Å². The zero-order chi connectivity index (χ0) is 25.4. The molecule has 198 valence electrons. The molecule has 10 atom stereocenters. The largest absolute Gasteiger partial charge is 0.462 e. The van der Waals surface area contributed by atoms with Gasteiger partial charge in [-0.3, -0.25) is 9.59 Å². The molecule has 0 aromatic rings. The number of carbonyl (C=O) groups is 2. The van der Waals surface area contributed by atoms with E-state index in [1.165, 1.54) is 16.2 Å². The second-order valence-corrected chi connectivity index (χ2v) is 13.7. The minimum Gasteiger partial charge on any atom is -0.462 e. The van der Waals surface area contributed by atoms with Crippen molar-refractivity contribution in [1.29, 1.82) is 0 Å². The van der Waals surface area contributed by atoms with Crippen molar-refractivity contribution in [2.75, 3.05) is 13.1 Å². The van der Waals surface area contributed by atoms with E-state index in [4.69, 9.17) is 9.47 Å². The zero-order valence-corrected chi connectivity index (χ0v) is 22.0. The van der Waals surface area contributed by atoms with Gasteiger partial charge in [0.15, 0.2) is 0 Å². The Balaban J connectivity index is 1.13. The van der Waals surface area contributed by atoms with Crippen LogP contribution in [0.3, 0.4) is 0 Å². The SMILES string of the molecule is C=C1CCC[C@]2(C)C[C@@H]3OC(=O)[C@H](CN(O)C[C@@H]4C(=O)O[C@@H]5C[C@]6(C)CCCC(=C)[C@@H]6C[C@H]45)[C@@H]3C[C@H]12. The molecule has 4 aliphatic carbocycles. The zero-order valence-electron chi connectivity index (χ0n) is 22.0. The fourth-order valence-electron chi connectivity index (χ4n) is 9.46. The predicted molar refractivity (Wildman–Crippen MR) is 135 cm³/mol. The molecule has 2 aliphatic heterocycles. The summed E-state index contributed by atoms with van der Waals surface area (Å²) in [5, 5.41) is 12.3. The van der Waals surface area contributed by atoms with Gasteiger partial charge in [-0.05, 0) is 86.9 Å². The molecule has 36 heavy (non-hydrogen) atoms. The van der Waals surface area contributed by atoms with Crippen LogP contribution in [-0.4, -0.2) is 47.5 Å². The first-order valence-corrected chi connectivity index (χ1v) is 14.3. The fourth-order valence-corrected chi connectivity index (χ4v) is 9.46. The highest BCUT2D eigenvalue weighted by molar-refractivity contribution is 5.76. The third-order valence-corrected chi connectivity index (χ3v) is 11.5. The molecule has 6 fully saturated rings. The molecule has 0 amide bonds. The molecule has 0 spiro atoms. The van der Waals surface area contributed by atoms with Crippen molar-refractivity contribution in [3.63, 3.8) is 0 Å². The smallest absolute Gasteiger partial charge is 0.311 e. The standard InChI is InChI=1S/C30H43NO5/c1-17-7-5-9-29(3)13-25-19(11-23(17)29)21(27(32)35-25)15-31(34)16-22-20-12-24-18(2)8-6-10-30(24,4)14-26(20)36-28(22)33/h19-26,34H,1-2,5-16H2,3-4H3/t19-,20+,21+,22-,23+,24-,25-,26+,29+,30-. The number of allylic oxidation sites excluding steroid dienone is 2. The topological polar surface area (TPSA) is 76.1 Å². The average molecular weight is 498 g/mol. The molecule has 6 rings (SSSR count). The lowest BCUT2D eigenvalue weighted by molar-refractivity contribution is -0.155. The maximum Gasteiger partial charge on any atom is 0.311 e. The van der Waals surface area contributed by atoms with Crippen LogP contribution in [0.25, 0.3) is 0 Å². The highest BCUT2D eigenvalue weighted by atomic mass is 16.6. The molecule has 0 bridgehead atoms. The van der Waals surface area contributed by atoms with E-state index in [1.807, 2.05) is 0 Å². The highest BCUT2D eigenvalue weighted by Gasteiger charge is 2.57. The summed E-state index contributed by atoms with van der Waals surface area (Å²) in [6.07, 6.45) is 10.2. The monoisotopic (exact) mass is 497 g/mol. The molecule has 2 heterocycles. The van der Waals surface area contributed by atoms with Crippen LogP contribution in [-0.2, 0) is 19.1 Å². The summed E-state index contributed by atoms with van der Waals surface area (Å²) in [5.41, 5.74) is 2.95. The molecule has 0 radical (unpaired) electrons. The number of nitrogens with zero attached hydrogens (tertiary/aromatic N) is 1. The van der Waals surface area contributed by atoms with E-state index in [0.29, 0.717) is 11.8 Å². The van der Waals surface area contributed by atoms with Crippen LogP contribution in [0, 0.1) is 46.3 Å². The van der Waals surface area contributed by atoms with E-state index in [2.05, 4.69) is 27.0 Å². The molecule has 0 aromatic heterocycles. The number of hydrogen-bond donors (Lipinski definition) is 1. The van der Waals surface area contributed by atoms with Crippen molar-refractivity contribution < 1.29 is 24.3 Å². The molecule has 0 unspecified atom stereocenters. The van der Waals surface area contributed by atoms with Gasteiger partial charge in [-0.2, -0.15) is 5.06 Å². The molecule has 6 aliphatic rings. The van der Waals surface area contributed by atoms with E-state index in [0.717, 1.165) is 64.2 Å². The highest BCUT2D eigenvalue weighted by Crippen LogP contribution is 2.58. The Morgan fingerprint density at radius 3 is 1.67 bits per heavy atom. The van der Waals surface area contributed by atoms with E-state index >= 15 is 0 Å². The molecule has 6 nitrogen and oxygen atoms in total. The summed E-state index contributed by atoms with van der Waals surface area (Å²) in [7, 11) is 0. The van der Waals surface area contributed by atoms with Gasteiger partial charge in [0.05, 0.1) is 11.8 Å². The van der Waals surface area contributed by atoms with E-state index in [-0.39, 0.29) is 71.7 Å². The van der Waals surface area contributed by atoms with Crippen LogP contribution < -0.4 is 0 Å². The lowest BCUT2D eigenvalue weighted by atomic mass is 9.55. The van der Waals surface area contributed by atoms with Gasteiger partial charge < -0.3 is 14.7 Å². The Hall–Kier alpha value is -1.66. The van der Waals surface area contributed by atoms with Crippen LogP contribution >= 0.6 is 0 Å². The first-order chi connectivity index (χ1) is 17.1. The minimum atomic E-state index is -0.361. The molecule has 1 N–H and O–H groups in total. The minimum absolute atomic E-state index is 0.0720. The first kappa shape index (κ1) is 24.7. The Kier molecular flexibility index (Phi) is 5.95. The van der Waals surface area contributed by atoms with Gasteiger partial charge in [-0.15, -0.1) is 0 Å².